The largest absolute Gasteiger partial charge is 0.309 e. The summed E-state index contributed by atoms with van der Waals surface area (Å²) < 4.78 is 0. The fourth-order valence-electron chi connectivity index (χ4n) is 11.3. The first kappa shape index (κ1) is 35.5. The molecule has 0 radical (unpaired) electrons. The third-order valence-electron chi connectivity index (χ3n) is 13.6. The highest BCUT2D eigenvalue weighted by Crippen LogP contribution is 2.68. The van der Waals surface area contributed by atoms with E-state index in [4.69, 9.17) is 15.0 Å². The second-order valence-electron chi connectivity index (χ2n) is 16.6. The fraction of sp³-hybridized carbons (Fsp3) is 0.0339. The van der Waals surface area contributed by atoms with Gasteiger partial charge in [0.15, 0.2) is 17.5 Å². The molecule has 2 heterocycles. The van der Waals surface area contributed by atoms with Crippen LogP contribution in [0, 0.1) is 0 Å². The molecule has 3 aliphatic rings. The molecule has 0 saturated carbocycles. The van der Waals surface area contributed by atoms with E-state index in [-0.39, 0.29) is 0 Å². The second-order valence-corrected chi connectivity index (χ2v) is 16.6. The van der Waals surface area contributed by atoms with Crippen molar-refractivity contribution in [3.05, 3.63) is 275 Å². The zero-order chi connectivity index (χ0) is 41.5. The van der Waals surface area contributed by atoms with Crippen LogP contribution in [0.1, 0.15) is 44.5 Å². The molecule has 2 spiro atoms. The first-order chi connectivity index (χ1) is 31.3. The predicted molar refractivity (Wildman–Crippen MR) is 254 cm³/mol. The number of anilines is 3. The monoisotopic (exact) mass is 802 g/mol. The molecule has 0 fully saturated rings. The van der Waals surface area contributed by atoms with Crippen LogP contribution in [-0.4, -0.2) is 15.0 Å². The molecule has 10 aromatic rings. The number of hydrogen-bond donors (Lipinski definition) is 0. The Morgan fingerprint density at radius 2 is 0.635 bits per heavy atom. The van der Waals surface area contributed by atoms with Gasteiger partial charge in [-0.25, -0.2) is 15.0 Å². The molecule has 2 aliphatic carbocycles. The molecule has 0 amide bonds. The number of rotatable bonds is 4. The van der Waals surface area contributed by atoms with Crippen LogP contribution in [0.3, 0.4) is 0 Å². The molecule has 1 aliphatic heterocycles. The average Bonchev–Trinajstić information content (AvgIpc) is 3.66. The Hall–Kier alpha value is -8.21. The van der Waals surface area contributed by atoms with Crippen molar-refractivity contribution in [2.45, 2.75) is 10.8 Å². The van der Waals surface area contributed by atoms with Crippen LogP contribution in [0.15, 0.2) is 231 Å². The van der Waals surface area contributed by atoms with Crippen molar-refractivity contribution in [1.29, 1.82) is 0 Å². The van der Waals surface area contributed by atoms with Crippen LogP contribution in [0.5, 0.6) is 0 Å². The van der Waals surface area contributed by atoms with Gasteiger partial charge in [0.1, 0.15) is 0 Å². The molecule has 0 atom stereocenters. The van der Waals surface area contributed by atoms with E-state index in [9.17, 15) is 0 Å². The van der Waals surface area contributed by atoms with Crippen LogP contribution < -0.4 is 4.90 Å². The summed E-state index contributed by atoms with van der Waals surface area (Å²) in [6.07, 6.45) is 0. The molecule has 4 nitrogen and oxygen atoms in total. The lowest BCUT2D eigenvalue weighted by Gasteiger charge is -2.53. The molecule has 0 N–H and O–H groups in total. The Bertz CT molecular complexity index is 3260. The quantitative estimate of drug-likeness (QED) is 0.178. The van der Waals surface area contributed by atoms with Gasteiger partial charge in [-0.1, -0.05) is 206 Å². The van der Waals surface area contributed by atoms with Crippen molar-refractivity contribution >= 4 is 17.1 Å². The van der Waals surface area contributed by atoms with Crippen LogP contribution in [-0.2, 0) is 10.8 Å². The van der Waals surface area contributed by atoms with E-state index in [1.165, 1.54) is 55.6 Å². The summed E-state index contributed by atoms with van der Waals surface area (Å²) in [5.41, 5.74) is 17.4. The molecule has 1 aromatic heterocycles. The molecular weight excluding hydrogens is 765 g/mol. The number of benzene rings is 9. The van der Waals surface area contributed by atoms with Crippen molar-refractivity contribution in [3.8, 4) is 45.3 Å². The maximum Gasteiger partial charge on any atom is 0.166 e. The molecule has 0 bridgehead atoms. The summed E-state index contributed by atoms with van der Waals surface area (Å²) in [5, 5.41) is 0. The maximum absolute atomic E-state index is 5.37. The zero-order valence-electron chi connectivity index (χ0n) is 34.2. The lowest BCUT2D eigenvalue weighted by Crippen LogP contribution is -2.47. The maximum atomic E-state index is 5.37. The van der Waals surface area contributed by atoms with Gasteiger partial charge in [0.25, 0.3) is 0 Å². The standard InChI is InChI=1S/C59H38N4/c1-4-21-39(22-5-1)55-60-56(40-23-6-2-7-24-40)62-57(61-55)44-29-20-37-52-54(44)63(41-25-8-3-9-26-41)53-38-19-18-36-51(53)59(52)49-34-16-14-32-47(49)58(48-33-15-17-35-50(48)59)45-30-12-10-27-42(45)43-28-11-13-31-46(43)58/h1-38H. The van der Waals surface area contributed by atoms with Gasteiger partial charge < -0.3 is 4.90 Å². The summed E-state index contributed by atoms with van der Waals surface area (Å²) in [6, 6.07) is 83.6. The first-order valence-electron chi connectivity index (χ1n) is 21.6. The highest BCUT2D eigenvalue weighted by atomic mass is 15.2. The van der Waals surface area contributed by atoms with Crippen molar-refractivity contribution in [2.75, 3.05) is 4.90 Å². The van der Waals surface area contributed by atoms with Gasteiger partial charge in [-0.2, -0.15) is 0 Å². The Morgan fingerprint density at radius 1 is 0.270 bits per heavy atom. The molecule has 0 saturated heterocycles. The average molecular weight is 803 g/mol. The van der Waals surface area contributed by atoms with Crippen molar-refractivity contribution in [1.82, 2.24) is 15.0 Å². The zero-order valence-corrected chi connectivity index (χ0v) is 34.2. The van der Waals surface area contributed by atoms with Crippen molar-refractivity contribution in [2.24, 2.45) is 0 Å². The number of nitrogens with zero attached hydrogens (tertiary/aromatic N) is 4. The molecule has 13 rings (SSSR count). The highest BCUT2D eigenvalue weighted by molar-refractivity contribution is 5.98. The Labute approximate surface area is 366 Å². The lowest BCUT2D eigenvalue weighted by molar-refractivity contribution is 0.619. The number of para-hydroxylation sites is 3. The van der Waals surface area contributed by atoms with Gasteiger partial charge in [0, 0.05) is 22.4 Å². The lowest BCUT2D eigenvalue weighted by atomic mass is 9.50. The third kappa shape index (κ3) is 4.83. The Morgan fingerprint density at radius 3 is 1.16 bits per heavy atom. The molecular formula is C59H38N4. The summed E-state index contributed by atoms with van der Waals surface area (Å²) in [5.74, 6) is 1.87. The topological polar surface area (TPSA) is 41.9 Å². The minimum absolute atomic E-state index is 0.543. The van der Waals surface area contributed by atoms with Crippen LogP contribution in [0.2, 0.25) is 0 Å². The van der Waals surface area contributed by atoms with Gasteiger partial charge in [-0.05, 0) is 79.9 Å². The summed E-state index contributed by atoms with van der Waals surface area (Å²) in [7, 11) is 0. The van der Waals surface area contributed by atoms with E-state index in [0.29, 0.717) is 17.5 Å². The molecule has 63 heavy (non-hydrogen) atoms. The minimum atomic E-state index is -0.740. The summed E-state index contributed by atoms with van der Waals surface area (Å²) in [6.45, 7) is 0. The van der Waals surface area contributed by atoms with Crippen molar-refractivity contribution < 1.29 is 0 Å². The molecule has 4 heteroatoms. The van der Waals surface area contributed by atoms with Gasteiger partial charge >= 0.3 is 0 Å². The fourth-order valence-corrected chi connectivity index (χ4v) is 11.3. The normalized spacial score (nSPS) is 14.3. The van der Waals surface area contributed by atoms with E-state index in [2.05, 4.69) is 199 Å². The van der Waals surface area contributed by atoms with Gasteiger partial charge in [-0.3, -0.25) is 0 Å². The van der Waals surface area contributed by atoms with E-state index in [1.54, 1.807) is 0 Å². The molecule has 0 unspecified atom stereocenters. The van der Waals surface area contributed by atoms with Crippen LogP contribution >= 0.6 is 0 Å². The van der Waals surface area contributed by atoms with E-state index in [0.717, 1.165) is 33.8 Å². The van der Waals surface area contributed by atoms with E-state index < -0.39 is 10.8 Å². The Balaban J connectivity index is 1.18. The summed E-state index contributed by atoms with van der Waals surface area (Å²) in [4.78, 5) is 18.3. The number of hydrogen-bond acceptors (Lipinski definition) is 4. The smallest absolute Gasteiger partial charge is 0.166 e. The van der Waals surface area contributed by atoms with E-state index >= 15 is 0 Å². The van der Waals surface area contributed by atoms with Gasteiger partial charge in [0.2, 0.25) is 0 Å². The SMILES string of the molecule is c1ccc(-c2nc(-c3ccccc3)nc(-c3cccc4c3N(c3ccccc3)c3ccccc3C43c4ccccc4C4(c5ccccc5-c5ccccc54)c4ccccc43)n2)cc1. The summed E-state index contributed by atoms with van der Waals surface area (Å²) >= 11 is 0. The molecule has 9 aromatic carbocycles. The highest BCUT2D eigenvalue weighted by Gasteiger charge is 2.59. The first-order valence-corrected chi connectivity index (χ1v) is 21.6. The van der Waals surface area contributed by atoms with E-state index in [1.807, 2.05) is 36.4 Å². The predicted octanol–water partition coefficient (Wildman–Crippen LogP) is 13.7. The van der Waals surface area contributed by atoms with Crippen molar-refractivity contribution in [3.63, 3.8) is 0 Å². The number of aromatic nitrogens is 3. The Kier molecular flexibility index (Phi) is 7.70. The van der Waals surface area contributed by atoms with Gasteiger partial charge in [0.05, 0.1) is 22.2 Å². The minimum Gasteiger partial charge on any atom is -0.309 e. The van der Waals surface area contributed by atoms with Gasteiger partial charge in [-0.15, -0.1) is 0 Å². The van der Waals surface area contributed by atoms with Crippen LogP contribution in [0.4, 0.5) is 17.1 Å². The third-order valence-corrected chi connectivity index (χ3v) is 13.6. The number of fused-ring (bicyclic) bond motifs is 15. The molecule has 294 valence electrons. The second kappa shape index (κ2) is 13.7. The van der Waals surface area contributed by atoms with Crippen LogP contribution in [0.25, 0.3) is 45.3 Å².